The molecule has 30 heavy (non-hydrogen) atoms. The quantitative estimate of drug-likeness (QED) is 0.669. The van der Waals surface area contributed by atoms with Crippen molar-refractivity contribution in [2.75, 3.05) is 13.7 Å². The maximum atomic E-state index is 12.6. The average Bonchev–Trinajstić information content (AvgIpc) is 3.17. The van der Waals surface area contributed by atoms with Gasteiger partial charge in [-0.2, -0.15) is 0 Å². The van der Waals surface area contributed by atoms with Crippen molar-refractivity contribution in [1.82, 2.24) is 9.88 Å². The first-order valence-corrected chi connectivity index (χ1v) is 11.5. The second kappa shape index (κ2) is 6.45. The van der Waals surface area contributed by atoms with Gasteiger partial charge in [-0.3, -0.25) is 9.78 Å². The number of allylic oxidation sites excluding steroid dienone is 4. The van der Waals surface area contributed by atoms with E-state index >= 15 is 0 Å². The lowest BCUT2D eigenvalue weighted by molar-refractivity contribution is -0.127. The highest BCUT2D eigenvalue weighted by Gasteiger charge is 2.65. The van der Waals surface area contributed by atoms with Gasteiger partial charge in [-0.05, 0) is 72.5 Å². The summed E-state index contributed by atoms with van der Waals surface area (Å²) in [6, 6.07) is 2.16. The molecule has 0 bridgehead atoms. The van der Waals surface area contributed by atoms with Gasteiger partial charge in [0.2, 0.25) is 5.91 Å². The van der Waals surface area contributed by atoms with Gasteiger partial charge in [0.1, 0.15) is 5.75 Å². The smallest absolute Gasteiger partial charge is 0.227 e. The standard InChI is InChI=1S/C26H34N2O2/c1-6-30-18-13-17(15-27-16-18)19-7-8-20-21-9-10-22-26(4,14-23(29)28(22)5)25(21,3)12-11-24(19,20)2/h7,10,13,15-16,20-21H,6,8-9,11-12,14H2,1-5H3/t20-,21-,24+,25-,26-/m0/s1. The summed E-state index contributed by atoms with van der Waals surface area (Å²) in [5.41, 5.74) is 4.22. The van der Waals surface area contributed by atoms with Crippen molar-refractivity contribution in [2.24, 2.45) is 28.1 Å². The number of ether oxygens (including phenoxy) is 1. The summed E-state index contributed by atoms with van der Waals surface area (Å²) in [4.78, 5) is 19.0. The molecule has 3 aliphatic carbocycles. The molecule has 5 atom stereocenters. The first kappa shape index (κ1) is 19.8. The van der Waals surface area contributed by atoms with Gasteiger partial charge >= 0.3 is 0 Å². The molecule has 1 saturated carbocycles. The van der Waals surface area contributed by atoms with E-state index in [1.54, 1.807) is 0 Å². The van der Waals surface area contributed by atoms with Crippen LogP contribution in [0.5, 0.6) is 5.75 Å². The Bertz CT molecular complexity index is 966. The average molecular weight is 407 g/mol. The Hall–Kier alpha value is -2.10. The van der Waals surface area contributed by atoms with Crippen LogP contribution in [0.2, 0.25) is 0 Å². The van der Waals surface area contributed by atoms with Crippen molar-refractivity contribution in [2.45, 2.75) is 59.8 Å². The summed E-state index contributed by atoms with van der Waals surface area (Å²) < 4.78 is 5.72. The minimum absolute atomic E-state index is 0.0394. The lowest BCUT2D eigenvalue weighted by Gasteiger charge is -2.61. The Kier molecular flexibility index (Phi) is 4.26. The minimum atomic E-state index is -0.0394. The maximum absolute atomic E-state index is 12.6. The highest BCUT2D eigenvalue weighted by Crippen LogP contribution is 2.71. The zero-order valence-corrected chi connectivity index (χ0v) is 19.0. The monoisotopic (exact) mass is 406 g/mol. The van der Waals surface area contributed by atoms with Crippen LogP contribution in [-0.2, 0) is 4.79 Å². The van der Waals surface area contributed by atoms with E-state index in [9.17, 15) is 4.79 Å². The van der Waals surface area contributed by atoms with Gasteiger partial charge in [0, 0.05) is 30.8 Å². The Labute approximate surface area is 180 Å². The molecule has 4 aliphatic rings. The molecule has 2 fully saturated rings. The van der Waals surface area contributed by atoms with E-state index in [0.717, 1.165) is 31.4 Å². The molecule has 5 rings (SSSR count). The van der Waals surface area contributed by atoms with Crippen LogP contribution >= 0.6 is 0 Å². The Balaban J connectivity index is 1.50. The molecule has 1 saturated heterocycles. The molecule has 1 aromatic heterocycles. The van der Waals surface area contributed by atoms with Crippen LogP contribution in [-0.4, -0.2) is 29.4 Å². The van der Waals surface area contributed by atoms with Crippen molar-refractivity contribution in [1.29, 1.82) is 0 Å². The number of likely N-dealkylation sites (tertiary alicyclic amines) is 1. The SMILES string of the molecule is CCOc1cncc(C2=CC[C@H]3[C@@H]4CC=C5N(C)C(=O)C[C@]5(C)[C@@]4(C)CC[C@]23C)c1. The maximum Gasteiger partial charge on any atom is 0.227 e. The third-order valence-electron chi connectivity index (χ3n) is 9.44. The Morgan fingerprint density at radius 3 is 2.67 bits per heavy atom. The van der Waals surface area contributed by atoms with Crippen molar-refractivity contribution in [3.63, 3.8) is 0 Å². The van der Waals surface area contributed by atoms with Crippen LogP contribution in [0.4, 0.5) is 0 Å². The molecule has 1 aliphatic heterocycles. The Morgan fingerprint density at radius 1 is 1.13 bits per heavy atom. The number of hydrogen-bond donors (Lipinski definition) is 0. The molecule has 1 amide bonds. The zero-order valence-electron chi connectivity index (χ0n) is 19.0. The number of carbonyl (C=O) groups excluding carboxylic acids is 1. The number of fused-ring (bicyclic) bond motifs is 5. The zero-order chi connectivity index (χ0) is 21.3. The molecule has 4 nitrogen and oxygen atoms in total. The van der Waals surface area contributed by atoms with Gasteiger partial charge in [-0.1, -0.05) is 32.9 Å². The summed E-state index contributed by atoms with van der Waals surface area (Å²) in [6.45, 7) is 9.97. The summed E-state index contributed by atoms with van der Waals surface area (Å²) in [5, 5.41) is 0. The number of hydrogen-bond acceptors (Lipinski definition) is 3. The highest BCUT2D eigenvalue weighted by atomic mass is 16.5. The largest absolute Gasteiger partial charge is 0.492 e. The normalized spacial score (nSPS) is 39.8. The minimum Gasteiger partial charge on any atom is -0.492 e. The second-order valence-electron chi connectivity index (χ2n) is 10.5. The van der Waals surface area contributed by atoms with E-state index in [1.165, 1.54) is 16.8 Å². The van der Waals surface area contributed by atoms with Gasteiger partial charge in [-0.15, -0.1) is 0 Å². The number of carbonyl (C=O) groups is 1. The third kappa shape index (κ3) is 2.39. The fraction of sp³-hybridized carbons (Fsp3) is 0.615. The van der Waals surface area contributed by atoms with Crippen molar-refractivity contribution in [3.8, 4) is 5.75 Å². The molecule has 2 heterocycles. The number of rotatable bonds is 3. The van der Waals surface area contributed by atoms with E-state index in [1.807, 2.05) is 31.3 Å². The topological polar surface area (TPSA) is 42.4 Å². The van der Waals surface area contributed by atoms with Crippen molar-refractivity contribution < 1.29 is 9.53 Å². The lowest BCUT2D eigenvalue weighted by atomic mass is 9.43. The van der Waals surface area contributed by atoms with E-state index in [0.29, 0.717) is 24.9 Å². The van der Waals surface area contributed by atoms with Crippen LogP contribution in [0.1, 0.15) is 65.4 Å². The van der Waals surface area contributed by atoms with Crippen LogP contribution in [0, 0.1) is 28.1 Å². The molecule has 1 aromatic rings. The summed E-state index contributed by atoms with van der Waals surface area (Å²) in [7, 11) is 1.96. The number of nitrogens with zero attached hydrogens (tertiary/aromatic N) is 2. The van der Waals surface area contributed by atoms with Crippen LogP contribution in [0.3, 0.4) is 0 Å². The molecule has 0 N–H and O–H groups in total. The van der Waals surface area contributed by atoms with Gasteiger partial charge in [0.05, 0.1) is 12.8 Å². The van der Waals surface area contributed by atoms with E-state index in [4.69, 9.17) is 4.74 Å². The van der Waals surface area contributed by atoms with Crippen LogP contribution < -0.4 is 4.74 Å². The van der Waals surface area contributed by atoms with Gasteiger partial charge in [-0.25, -0.2) is 0 Å². The molecular weight excluding hydrogens is 372 g/mol. The predicted octanol–water partition coefficient (Wildman–Crippen LogP) is 5.46. The fourth-order valence-electron chi connectivity index (χ4n) is 7.50. The molecule has 160 valence electrons. The summed E-state index contributed by atoms with van der Waals surface area (Å²) >= 11 is 0. The molecule has 0 unspecified atom stereocenters. The molecule has 0 spiro atoms. The third-order valence-corrected chi connectivity index (χ3v) is 9.44. The molecule has 0 radical (unpaired) electrons. The molecule has 4 heteroatoms. The van der Waals surface area contributed by atoms with Crippen molar-refractivity contribution >= 4 is 11.5 Å². The predicted molar refractivity (Wildman–Crippen MR) is 119 cm³/mol. The van der Waals surface area contributed by atoms with Gasteiger partial charge in [0.25, 0.3) is 0 Å². The number of amides is 1. The van der Waals surface area contributed by atoms with E-state index < -0.39 is 0 Å². The van der Waals surface area contributed by atoms with E-state index in [2.05, 4.69) is 44.0 Å². The lowest BCUT2D eigenvalue weighted by Crippen LogP contribution is -2.54. The molecule has 0 aromatic carbocycles. The first-order valence-electron chi connectivity index (χ1n) is 11.5. The highest BCUT2D eigenvalue weighted by molar-refractivity contribution is 5.83. The summed E-state index contributed by atoms with van der Waals surface area (Å²) in [6.07, 6.45) is 13.8. The molecular formula is C26H34N2O2. The Morgan fingerprint density at radius 2 is 1.90 bits per heavy atom. The van der Waals surface area contributed by atoms with Gasteiger partial charge < -0.3 is 9.64 Å². The van der Waals surface area contributed by atoms with Crippen LogP contribution in [0.25, 0.3) is 5.57 Å². The fourth-order valence-corrected chi connectivity index (χ4v) is 7.50. The first-order chi connectivity index (χ1) is 14.2. The number of pyridine rings is 1. The van der Waals surface area contributed by atoms with Crippen LogP contribution in [0.15, 0.2) is 36.3 Å². The van der Waals surface area contributed by atoms with E-state index in [-0.39, 0.29) is 22.2 Å². The second-order valence-corrected chi connectivity index (χ2v) is 10.5. The van der Waals surface area contributed by atoms with Crippen molar-refractivity contribution in [3.05, 3.63) is 41.9 Å². The van der Waals surface area contributed by atoms with Gasteiger partial charge in [0.15, 0.2) is 0 Å². The summed E-state index contributed by atoms with van der Waals surface area (Å²) in [5.74, 6) is 2.34. The number of aromatic nitrogens is 1.